The minimum Gasteiger partial charge on any atom is -0.330 e. The molecule has 3 aromatic rings. The SMILES string of the molecule is Cc1ccc(Nc2nnc(S[C@H](C)C(=O)Nc3cccc(C#N)c3)s2)cc1. The van der Waals surface area contributed by atoms with Crippen molar-refractivity contribution in [3.63, 3.8) is 0 Å². The quantitative estimate of drug-likeness (QED) is 0.594. The van der Waals surface area contributed by atoms with E-state index in [0.29, 0.717) is 20.7 Å². The Morgan fingerprint density at radius 3 is 2.70 bits per heavy atom. The van der Waals surface area contributed by atoms with Gasteiger partial charge in [-0.05, 0) is 44.2 Å². The summed E-state index contributed by atoms with van der Waals surface area (Å²) in [5, 5.41) is 23.5. The average molecular weight is 396 g/mol. The summed E-state index contributed by atoms with van der Waals surface area (Å²) in [6, 6.07) is 16.9. The van der Waals surface area contributed by atoms with Gasteiger partial charge in [0.25, 0.3) is 0 Å². The minimum atomic E-state index is -0.351. The fourth-order valence-corrected chi connectivity index (χ4v) is 4.10. The highest BCUT2D eigenvalue weighted by Crippen LogP contribution is 2.31. The van der Waals surface area contributed by atoms with Crippen molar-refractivity contribution < 1.29 is 4.79 Å². The Hall–Kier alpha value is -2.89. The van der Waals surface area contributed by atoms with Crippen LogP contribution in [0.1, 0.15) is 18.1 Å². The molecule has 2 aromatic carbocycles. The maximum Gasteiger partial charge on any atom is 0.237 e. The van der Waals surface area contributed by atoms with Crippen molar-refractivity contribution >= 4 is 45.5 Å². The van der Waals surface area contributed by atoms with Crippen molar-refractivity contribution in [1.29, 1.82) is 5.26 Å². The van der Waals surface area contributed by atoms with Crippen LogP contribution in [0.4, 0.5) is 16.5 Å². The van der Waals surface area contributed by atoms with Crippen LogP contribution in [0.2, 0.25) is 0 Å². The van der Waals surface area contributed by atoms with Crippen molar-refractivity contribution in [2.24, 2.45) is 0 Å². The van der Waals surface area contributed by atoms with E-state index in [2.05, 4.69) is 26.9 Å². The molecule has 1 heterocycles. The Morgan fingerprint density at radius 1 is 1.19 bits per heavy atom. The fourth-order valence-electron chi connectivity index (χ4n) is 2.18. The van der Waals surface area contributed by atoms with Crippen LogP contribution in [-0.2, 0) is 4.79 Å². The average Bonchev–Trinajstić information content (AvgIpc) is 3.10. The summed E-state index contributed by atoms with van der Waals surface area (Å²) in [7, 11) is 0. The molecule has 8 heteroatoms. The zero-order chi connectivity index (χ0) is 19.2. The third-order valence-corrected chi connectivity index (χ3v) is 5.64. The molecular weight excluding hydrogens is 378 g/mol. The van der Waals surface area contributed by atoms with Crippen LogP contribution in [0.15, 0.2) is 52.9 Å². The Kier molecular flexibility index (Phi) is 6.06. The Bertz CT molecular complexity index is 978. The van der Waals surface area contributed by atoms with Crippen molar-refractivity contribution in [1.82, 2.24) is 10.2 Å². The predicted molar refractivity (Wildman–Crippen MR) is 109 cm³/mol. The van der Waals surface area contributed by atoms with Crippen LogP contribution in [0, 0.1) is 18.3 Å². The lowest BCUT2D eigenvalue weighted by Crippen LogP contribution is -2.22. The van der Waals surface area contributed by atoms with Gasteiger partial charge in [0.1, 0.15) is 0 Å². The summed E-state index contributed by atoms with van der Waals surface area (Å²) in [5.74, 6) is -0.154. The number of benzene rings is 2. The highest BCUT2D eigenvalue weighted by atomic mass is 32.2. The van der Waals surface area contributed by atoms with Crippen LogP contribution in [0.5, 0.6) is 0 Å². The van der Waals surface area contributed by atoms with E-state index in [1.54, 1.807) is 24.3 Å². The minimum absolute atomic E-state index is 0.154. The first-order valence-corrected chi connectivity index (χ1v) is 9.88. The number of nitrogens with one attached hydrogen (secondary N) is 2. The van der Waals surface area contributed by atoms with Crippen molar-refractivity contribution in [3.05, 3.63) is 59.7 Å². The third-order valence-electron chi connectivity index (χ3n) is 3.62. The number of carbonyl (C=O) groups excluding carboxylic acids is 1. The van der Waals surface area contributed by atoms with Crippen LogP contribution < -0.4 is 10.6 Å². The lowest BCUT2D eigenvalue weighted by Gasteiger charge is -2.10. The van der Waals surface area contributed by atoms with Crippen LogP contribution >= 0.6 is 23.1 Å². The van der Waals surface area contributed by atoms with Crippen LogP contribution in [0.3, 0.4) is 0 Å². The van der Waals surface area contributed by atoms with Gasteiger partial charge in [0, 0.05) is 11.4 Å². The lowest BCUT2D eigenvalue weighted by molar-refractivity contribution is -0.115. The molecule has 0 spiro atoms. The zero-order valence-electron chi connectivity index (χ0n) is 14.8. The number of carbonyl (C=O) groups is 1. The molecule has 0 saturated carbocycles. The molecule has 2 N–H and O–H groups in total. The summed E-state index contributed by atoms with van der Waals surface area (Å²) in [6.45, 7) is 3.84. The molecule has 0 radical (unpaired) electrons. The number of nitriles is 1. The number of amides is 1. The normalized spacial score (nSPS) is 11.4. The molecule has 0 aliphatic carbocycles. The van der Waals surface area contributed by atoms with Crippen molar-refractivity contribution in [2.45, 2.75) is 23.4 Å². The van der Waals surface area contributed by atoms with Crippen LogP contribution in [-0.4, -0.2) is 21.4 Å². The van der Waals surface area contributed by atoms with Gasteiger partial charge in [-0.15, -0.1) is 10.2 Å². The molecule has 27 heavy (non-hydrogen) atoms. The standard InChI is InChI=1S/C19H17N5OS2/c1-12-6-8-15(9-7-12)22-18-23-24-19(27-18)26-13(2)17(25)21-16-5-3-4-14(10-16)11-20/h3-10,13H,1-2H3,(H,21,25)(H,22,23)/t13-/m1/s1. The zero-order valence-corrected chi connectivity index (χ0v) is 16.4. The van der Waals surface area contributed by atoms with Gasteiger partial charge >= 0.3 is 0 Å². The van der Waals surface area contributed by atoms with Gasteiger partial charge in [-0.2, -0.15) is 5.26 Å². The number of anilines is 3. The maximum atomic E-state index is 12.4. The molecule has 136 valence electrons. The number of rotatable bonds is 6. The van der Waals surface area contributed by atoms with E-state index < -0.39 is 0 Å². The second kappa shape index (κ2) is 8.66. The van der Waals surface area contributed by atoms with E-state index in [9.17, 15) is 4.79 Å². The molecule has 3 rings (SSSR count). The Balaban J connectivity index is 1.58. The summed E-state index contributed by atoms with van der Waals surface area (Å²) in [6.07, 6.45) is 0. The van der Waals surface area contributed by atoms with Gasteiger partial charge in [0.05, 0.1) is 16.9 Å². The molecule has 0 aliphatic heterocycles. The number of aryl methyl sites for hydroxylation is 1. The summed E-state index contributed by atoms with van der Waals surface area (Å²) in [4.78, 5) is 12.4. The lowest BCUT2D eigenvalue weighted by atomic mass is 10.2. The largest absolute Gasteiger partial charge is 0.330 e. The summed E-state index contributed by atoms with van der Waals surface area (Å²) in [5.41, 5.74) is 3.24. The van der Waals surface area contributed by atoms with E-state index >= 15 is 0 Å². The molecule has 0 saturated heterocycles. The summed E-state index contributed by atoms with van der Waals surface area (Å²) >= 11 is 2.74. The first-order chi connectivity index (χ1) is 13.0. The monoisotopic (exact) mass is 395 g/mol. The van der Waals surface area contributed by atoms with Gasteiger partial charge in [-0.3, -0.25) is 4.79 Å². The molecular formula is C19H17N5OS2. The van der Waals surface area contributed by atoms with E-state index in [-0.39, 0.29) is 11.2 Å². The number of hydrogen-bond acceptors (Lipinski definition) is 7. The number of thioether (sulfide) groups is 1. The van der Waals surface area contributed by atoms with Gasteiger partial charge in [0.15, 0.2) is 4.34 Å². The second-order valence-electron chi connectivity index (χ2n) is 5.81. The third kappa shape index (κ3) is 5.29. The molecule has 0 aliphatic rings. The van der Waals surface area contributed by atoms with Crippen LogP contribution in [0.25, 0.3) is 0 Å². The number of nitrogens with zero attached hydrogens (tertiary/aromatic N) is 3. The molecule has 0 fully saturated rings. The Labute approximate surface area is 165 Å². The van der Waals surface area contributed by atoms with Crippen molar-refractivity contribution in [3.8, 4) is 6.07 Å². The molecule has 6 nitrogen and oxygen atoms in total. The first-order valence-electron chi connectivity index (χ1n) is 8.18. The van der Waals surface area contributed by atoms with Crippen molar-refractivity contribution in [2.75, 3.05) is 10.6 Å². The van der Waals surface area contributed by atoms with E-state index in [1.165, 1.54) is 28.7 Å². The van der Waals surface area contributed by atoms with E-state index in [1.807, 2.05) is 38.1 Å². The second-order valence-corrected chi connectivity index (χ2v) is 8.37. The molecule has 0 unspecified atom stereocenters. The first kappa shape index (κ1) is 18.9. The molecule has 1 aromatic heterocycles. The molecule has 0 bridgehead atoms. The van der Waals surface area contributed by atoms with Gasteiger partial charge in [-0.1, -0.05) is 46.9 Å². The van der Waals surface area contributed by atoms with Gasteiger partial charge in [-0.25, -0.2) is 0 Å². The van der Waals surface area contributed by atoms with Gasteiger partial charge in [0.2, 0.25) is 11.0 Å². The smallest absolute Gasteiger partial charge is 0.237 e. The number of aromatic nitrogens is 2. The maximum absolute atomic E-state index is 12.4. The van der Waals surface area contributed by atoms with Gasteiger partial charge < -0.3 is 10.6 Å². The van der Waals surface area contributed by atoms with E-state index in [0.717, 1.165) is 5.69 Å². The fraction of sp³-hybridized carbons (Fsp3) is 0.158. The summed E-state index contributed by atoms with van der Waals surface area (Å²) < 4.78 is 0.707. The van der Waals surface area contributed by atoms with E-state index in [4.69, 9.17) is 5.26 Å². The molecule has 1 atom stereocenters. The number of hydrogen-bond donors (Lipinski definition) is 2. The Morgan fingerprint density at radius 2 is 1.96 bits per heavy atom. The topological polar surface area (TPSA) is 90.7 Å². The predicted octanol–water partition coefficient (Wildman–Crippen LogP) is 4.58. The highest BCUT2D eigenvalue weighted by Gasteiger charge is 2.17. The highest BCUT2D eigenvalue weighted by molar-refractivity contribution is 8.02. The molecule has 1 amide bonds.